The van der Waals surface area contributed by atoms with E-state index < -0.39 is 10.0 Å². The first-order chi connectivity index (χ1) is 8.10. The molecule has 0 aliphatic carbocycles. The van der Waals surface area contributed by atoms with Gasteiger partial charge in [0.15, 0.2) is 0 Å². The van der Waals surface area contributed by atoms with Crippen LogP contribution < -0.4 is 0 Å². The highest BCUT2D eigenvalue weighted by atomic mass is 32.2. The summed E-state index contributed by atoms with van der Waals surface area (Å²) in [5.41, 5.74) is 0. The molecule has 2 heterocycles. The smallest absolute Gasteiger partial charge is 0.244 e. The highest BCUT2D eigenvalue weighted by Gasteiger charge is 2.21. The van der Waals surface area contributed by atoms with Crippen molar-refractivity contribution in [3.05, 3.63) is 42.7 Å². The predicted octanol–water partition coefficient (Wildman–Crippen LogP) is 0.625. The Kier molecular flexibility index (Phi) is 3.21. The molecule has 2 rings (SSSR count). The van der Waals surface area contributed by atoms with E-state index in [4.69, 9.17) is 0 Å². The molecule has 0 amide bonds. The lowest BCUT2D eigenvalue weighted by Gasteiger charge is -2.15. The number of rotatable bonds is 4. The Labute approximate surface area is 99.4 Å². The number of imidazole rings is 1. The van der Waals surface area contributed by atoms with Crippen LogP contribution in [0.15, 0.2) is 41.8 Å². The van der Waals surface area contributed by atoms with E-state index >= 15 is 0 Å². The van der Waals surface area contributed by atoms with Gasteiger partial charge in [0.25, 0.3) is 0 Å². The van der Waals surface area contributed by atoms with Gasteiger partial charge in [0, 0.05) is 31.8 Å². The quantitative estimate of drug-likeness (QED) is 0.865. The Morgan fingerprint density at radius 1 is 1.41 bits per heavy atom. The van der Waals surface area contributed by atoms with Gasteiger partial charge in [-0.15, -0.1) is 0 Å². The second-order valence-electron chi connectivity index (χ2n) is 3.49. The second kappa shape index (κ2) is 4.64. The molecule has 0 unspecified atom stereocenters. The van der Waals surface area contributed by atoms with E-state index in [0.29, 0.717) is 5.82 Å². The Bertz CT molecular complexity index is 566. The van der Waals surface area contributed by atoms with E-state index in [2.05, 4.69) is 15.0 Å². The Balaban J connectivity index is 2.22. The standard InChI is InChI=1S/C10H12N4O2S/c1-14(8-10-12-5-6-13-10)17(15,16)9-3-2-4-11-7-9/h2-7H,8H2,1H3,(H,12,13). The van der Waals surface area contributed by atoms with E-state index in [-0.39, 0.29) is 11.4 Å². The van der Waals surface area contributed by atoms with Crippen molar-refractivity contribution in [2.24, 2.45) is 0 Å². The maximum absolute atomic E-state index is 12.1. The molecule has 0 bridgehead atoms. The van der Waals surface area contributed by atoms with E-state index in [0.717, 1.165) is 0 Å². The Morgan fingerprint density at radius 3 is 2.82 bits per heavy atom. The van der Waals surface area contributed by atoms with Gasteiger partial charge in [0.1, 0.15) is 10.7 Å². The first-order valence-corrected chi connectivity index (χ1v) is 6.39. The lowest BCUT2D eigenvalue weighted by atomic mass is 10.5. The van der Waals surface area contributed by atoms with Crippen molar-refractivity contribution in [2.45, 2.75) is 11.4 Å². The summed E-state index contributed by atoms with van der Waals surface area (Å²) < 4.78 is 25.4. The van der Waals surface area contributed by atoms with Crippen LogP contribution in [0.5, 0.6) is 0 Å². The summed E-state index contributed by atoms with van der Waals surface area (Å²) in [5.74, 6) is 0.597. The van der Waals surface area contributed by atoms with Crippen molar-refractivity contribution >= 4 is 10.0 Å². The molecule has 0 aliphatic rings. The second-order valence-corrected chi connectivity index (χ2v) is 5.53. The summed E-state index contributed by atoms with van der Waals surface area (Å²) in [6.45, 7) is 0.199. The molecule has 0 aliphatic heterocycles. The van der Waals surface area contributed by atoms with Crippen LogP contribution >= 0.6 is 0 Å². The molecule has 0 saturated carbocycles. The lowest BCUT2D eigenvalue weighted by molar-refractivity contribution is 0.458. The first kappa shape index (κ1) is 11.7. The molecule has 17 heavy (non-hydrogen) atoms. The van der Waals surface area contributed by atoms with Crippen LogP contribution in [0.25, 0.3) is 0 Å². The minimum absolute atomic E-state index is 0.175. The van der Waals surface area contributed by atoms with Gasteiger partial charge in [-0.3, -0.25) is 4.98 Å². The fourth-order valence-electron chi connectivity index (χ4n) is 1.36. The largest absolute Gasteiger partial charge is 0.347 e. The third-order valence-electron chi connectivity index (χ3n) is 2.27. The highest BCUT2D eigenvalue weighted by molar-refractivity contribution is 7.89. The lowest BCUT2D eigenvalue weighted by Crippen LogP contribution is -2.27. The first-order valence-electron chi connectivity index (χ1n) is 4.95. The molecule has 1 N–H and O–H groups in total. The van der Waals surface area contributed by atoms with E-state index in [1.165, 1.54) is 29.8 Å². The van der Waals surface area contributed by atoms with E-state index in [1.54, 1.807) is 18.5 Å². The molecule has 6 nitrogen and oxygen atoms in total. The third-order valence-corrected chi connectivity index (χ3v) is 4.06. The minimum atomic E-state index is -3.50. The zero-order chi connectivity index (χ0) is 12.3. The van der Waals surface area contributed by atoms with Gasteiger partial charge in [-0.1, -0.05) is 0 Å². The summed E-state index contributed by atoms with van der Waals surface area (Å²) >= 11 is 0. The number of pyridine rings is 1. The highest BCUT2D eigenvalue weighted by Crippen LogP contribution is 2.13. The Morgan fingerprint density at radius 2 is 2.24 bits per heavy atom. The van der Waals surface area contributed by atoms with E-state index in [1.807, 2.05) is 0 Å². The molecule has 0 aromatic carbocycles. The van der Waals surface area contributed by atoms with Crippen molar-refractivity contribution < 1.29 is 8.42 Å². The van der Waals surface area contributed by atoms with E-state index in [9.17, 15) is 8.42 Å². The van der Waals surface area contributed by atoms with Gasteiger partial charge in [-0.25, -0.2) is 13.4 Å². The number of hydrogen-bond donors (Lipinski definition) is 1. The summed E-state index contributed by atoms with van der Waals surface area (Å²) in [7, 11) is -2.00. The van der Waals surface area contributed by atoms with Crippen molar-refractivity contribution in [3.63, 3.8) is 0 Å². The normalized spacial score (nSPS) is 11.9. The van der Waals surface area contributed by atoms with Crippen molar-refractivity contribution in [3.8, 4) is 0 Å². The summed E-state index contributed by atoms with van der Waals surface area (Å²) in [5, 5.41) is 0. The molecule has 0 radical (unpaired) electrons. The summed E-state index contributed by atoms with van der Waals surface area (Å²) in [4.78, 5) is 10.8. The zero-order valence-electron chi connectivity index (χ0n) is 9.24. The molecule has 90 valence electrons. The predicted molar refractivity (Wildman–Crippen MR) is 61.5 cm³/mol. The van der Waals surface area contributed by atoms with Crippen LogP contribution in [0.3, 0.4) is 0 Å². The van der Waals surface area contributed by atoms with Crippen LogP contribution in [-0.4, -0.2) is 34.7 Å². The number of hydrogen-bond acceptors (Lipinski definition) is 4. The van der Waals surface area contributed by atoms with Gasteiger partial charge in [-0.2, -0.15) is 4.31 Å². The third kappa shape index (κ3) is 2.51. The maximum atomic E-state index is 12.1. The topological polar surface area (TPSA) is 79.0 Å². The summed E-state index contributed by atoms with van der Waals surface area (Å²) in [6, 6.07) is 3.11. The van der Waals surface area contributed by atoms with Crippen LogP contribution in [0.2, 0.25) is 0 Å². The number of sulfonamides is 1. The number of aromatic amines is 1. The maximum Gasteiger partial charge on any atom is 0.244 e. The number of aromatic nitrogens is 3. The molecule has 2 aromatic heterocycles. The fraction of sp³-hybridized carbons (Fsp3) is 0.200. The molecular weight excluding hydrogens is 240 g/mol. The summed E-state index contributed by atoms with van der Waals surface area (Å²) in [6.07, 6.45) is 6.10. The monoisotopic (exact) mass is 252 g/mol. The van der Waals surface area contributed by atoms with Crippen LogP contribution in [0.1, 0.15) is 5.82 Å². The van der Waals surface area contributed by atoms with Gasteiger partial charge in [0.05, 0.1) is 6.54 Å². The molecule has 7 heteroatoms. The molecular formula is C10H12N4O2S. The van der Waals surface area contributed by atoms with Crippen LogP contribution in [-0.2, 0) is 16.6 Å². The van der Waals surface area contributed by atoms with Crippen molar-refractivity contribution in [2.75, 3.05) is 7.05 Å². The van der Waals surface area contributed by atoms with Gasteiger partial charge in [0.2, 0.25) is 10.0 Å². The molecule has 0 saturated heterocycles. The number of H-pyrrole nitrogens is 1. The fourth-order valence-corrected chi connectivity index (χ4v) is 2.46. The van der Waals surface area contributed by atoms with Gasteiger partial charge >= 0.3 is 0 Å². The average molecular weight is 252 g/mol. The Hall–Kier alpha value is -1.73. The SMILES string of the molecule is CN(Cc1ncc[nH]1)S(=O)(=O)c1cccnc1. The number of nitrogens with zero attached hydrogens (tertiary/aromatic N) is 3. The molecule has 0 atom stereocenters. The van der Waals surface area contributed by atoms with Gasteiger partial charge < -0.3 is 4.98 Å². The average Bonchev–Trinajstić information content (AvgIpc) is 2.83. The molecule has 0 fully saturated rings. The van der Waals surface area contributed by atoms with Crippen LogP contribution in [0, 0.1) is 0 Å². The minimum Gasteiger partial charge on any atom is -0.347 e. The number of nitrogens with one attached hydrogen (secondary N) is 1. The van der Waals surface area contributed by atoms with Crippen LogP contribution in [0.4, 0.5) is 0 Å². The van der Waals surface area contributed by atoms with Crippen molar-refractivity contribution in [1.29, 1.82) is 0 Å². The van der Waals surface area contributed by atoms with Gasteiger partial charge in [-0.05, 0) is 12.1 Å². The molecule has 2 aromatic rings. The molecule has 0 spiro atoms. The zero-order valence-corrected chi connectivity index (χ0v) is 10.1. The van der Waals surface area contributed by atoms with Crippen molar-refractivity contribution in [1.82, 2.24) is 19.3 Å².